The van der Waals surface area contributed by atoms with Crippen LogP contribution in [0, 0.1) is 10.1 Å². The molecule has 0 spiro atoms. The van der Waals surface area contributed by atoms with Crippen molar-refractivity contribution in [3.8, 4) is 0 Å². The molecular formula is C16H18N2O7S. The zero-order valence-electron chi connectivity index (χ0n) is 14.0. The topological polar surface area (TPSA) is 124 Å². The first-order valence-corrected chi connectivity index (χ1v) is 9.55. The van der Waals surface area contributed by atoms with Crippen LogP contribution in [0.3, 0.4) is 0 Å². The molecular weight excluding hydrogens is 364 g/mol. The van der Waals surface area contributed by atoms with Crippen LogP contribution in [-0.2, 0) is 24.2 Å². The van der Waals surface area contributed by atoms with Crippen molar-refractivity contribution in [3.05, 3.63) is 46.0 Å². The largest absolute Gasteiger partial charge is 0.452 e. The Labute approximate surface area is 150 Å². The van der Waals surface area contributed by atoms with Crippen molar-refractivity contribution >= 4 is 33.5 Å². The van der Waals surface area contributed by atoms with E-state index in [1.165, 1.54) is 36.2 Å². The summed E-state index contributed by atoms with van der Waals surface area (Å²) in [5.41, 5.74) is 0.333. The molecule has 0 N–H and O–H groups in total. The first kappa shape index (κ1) is 19.6. The summed E-state index contributed by atoms with van der Waals surface area (Å²) in [4.78, 5) is 35.1. The monoisotopic (exact) mass is 382 g/mol. The number of sulfone groups is 1. The fraction of sp³-hybridized carbons (Fsp3) is 0.375. The molecule has 1 atom stereocenters. The van der Waals surface area contributed by atoms with E-state index in [-0.39, 0.29) is 17.2 Å². The van der Waals surface area contributed by atoms with Gasteiger partial charge in [-0.2, -0.15) is 0 Å². The lowest BCUT2D eigenvalue weighted by atomic mass is 10.2. The summed E-state index contributed by atoms with van der Waals surface area (Å²) >= 11 is 0. The highest BCUT2D eigenvalue weighted by atomic mass is 32.2. The Hall–Kier alpha value is -2.75. The number of amides is 1. The maximum atomic E-state index is 12.0. The van der Waals surface area contributed by atoms with Crippen molar-refractivity contribution in [2.75, 3.05) is 25.2 Å². The molecule has 1 heterocycles. The number of hydrogen-bond donors (Lipinski definition) is 0. The van der Waals surface area contributed by atoms with E-state index in [0.717, 1.165) is 6.08 Å². The highest BCUT2D eigenvalue weighted by Gasteiger charge is 2.32. The molecule has 26 heavy (non-hydrogen) atoms. The molecule has 0 radical (unpaired) electrons. The molecule has 1 saturated heterocycles. The van der Waals surface area contributed by atoms with Crippen LogP contribution in [0.2, 0.25) is 0 Å². The fourth-order valence-electron chi connectivity index (χ4n) is 2.47. The smallest absolute Gasteiger partial charge is 0.331 e. The summed E-state index contributed by atoms with van der Waals surface area (Å²) < 4.78 is 27.7. The molecule has 0 aliphatic carbocycles. The third-order valence-corrected chi connectivity index (χ3v) is 5.73. The normalized spacial score (nSPS) is 18.6. The number of rotatable bonds is 6. The van der Waals surface area contributed by atoms with Gasteiger partial charge in [0.15, 0.2) is 16.4 Å². The van der Waals surface area contributed by atoms with Gasteiger partial charge in [-0.1, -0.05) is 12.1 Å². The predicted octanol–water partition coefficient (Wildman–Crippen LogP) is 0.797. The highest BCUT2D eigenvalue weighted by molar-refractivity contribution is 7.91. The third kappa shape index (κ3) is 5.38. The van der Waals surface area contributed by atoms with Gasteiger partial charge < -0.3 is 9.64 Å². The number of carbonyl (C=O) groups excluding carboxylic acids is 2. The Balaban J connectivity index is 1.85. The van der Waals surface area contributed by atoms with Crippen molar-refractivity contribution in [2.45, 2.75) is 12.5 Å². The molecule has 0 unspecified atom stereocenters. The Kier molecular flexibility index (Phi) is 6.09. The third-order valence-electron chi connectivity index (χ3n) is 3.98. The van der Waals surface area contributed by atoms with Crippen LogP contribution >= 0.6 is 0 Å². The standard InChI is InChI=1S/C16H18N2O7S/c1-17(14-7-8-26(23,24)11-14)15(19)10-25-16(20)6-5-12-3-2-4-13(9-12)18(21)22/h2-6,9,14H,7-8,10-11H2,1H3/b6-5+/t14-/m1/s1. The van der Waals surface area contributed by atoms with E-state index < -0.39 is 39.3 Å². The van der Waals surface area contributed by atoms with Gasteiger partial charge in [-0.15, -0.1) is 0 Å². The Morgan fingerprint density at radius 1 is 1.42 bits per heavy atom. The zero-order chi connectivity index (χ0) is 19.3. The van der Waals surface area contributed by atoms with E-state index >= 15 is 0 Å². The van der Waals surface area contributed by atoms with Crippen molar-refractivity contribution in [1.29, 1.82) is 0 Å². The molecule has 1 fully saturated rings. The molecule has 0 aromatic heterocycles. The van der Waals surface area contributed by atoms with E-state index in [2.05, 4.69) is 0 Å². The van der Waals surface area contributed by atoms with E-state index in [0.29, 0.717) is 12.0 Å². The molecule has 9 nitrogen and oxygen atoms in total. The lowest BCUT2D eigenvalue weighted by Gasteiger charge is -2.22. The molecule has 10 heteroatoms. The van der Waals surface area contributed by atoms with Gasteiger partial charge in [-0.25, -0.2) is 13.2 Å². The second-order valence-corrected chi connectivity index (χ2v) is 8.08. The predicted molar refractivity (Wildman–Crippen MR) is 92.9 cm³/mol. The summed E-state index contributed by atoms with van der Waals surface area (Å²) in [6.07, 6.45) is 2.77. The van der Waals surface area contributed by atoms with E-state index in [1.54, 1.807) is 6.07 Å². The minimum absolute atomic E-state index is 0.0427. The van der Waals surface area contributed by atoms with Crippen molar-refractivity contribution < 1.29 is 27.7 Å². The molecule has 1 aromatic carbocycles. The summed E-state index contributed by atoms with van der Waals surface area (Å²) in [6, 6.07) is 5.27. The molecule has 1 amide bonds. The lowest BCUT2D eigenvalue weighted by molar-refractivity contribution is -0.384. The first-order chi connectivity index (χ1) is 12.2. The fourth-order valence-corrected chi connectivity index (χ4v) is 4.25. The van der Waals surface area contributed by atoms with Crippen molar-refractivity contribution in [2.24, 2.45) is 0 Å². The maximum Gasteiger partial charge on any atom is 0.331 e. The zero-order valence-corrected chi connectivity index (χ0v) is 14.8. The number of ether oxygens (including phenoxy) is 1. The van der Waals surface area contributed by atoms with Gasteiger partial charge in [0.2, 0.25) is 0 Å². The summed E-state index contributed by atoms with van der Waals surface area (Å²) in [6.45, 7) is -0.509. The second-order valence-electron chi connectivity index (χ2n) is 5.85. The van der Waals surface area contributed by atoms with Gasteiger partial charge in [-0.05, 0) is 18.1 Å². The molecule has 1 aliphatic heterocycles. The van der Waals surface area contributed by atoms with Gasteiger partial charge in [0.05, 0.1) is 16.4 Å². The van der Waals surface area contributed by atoms with Crippen molar-refractivity contribution in [3.63, 3.8) is 0 Å². The lowest BCUT2D eigenvalue weighted by Crippen LogP contribution is -2.40. The number of non-ortho nitro benzene ring substituents is 1. The number of nitro benzene ring substituents is 1. The summed E-state index contributed by atoms with van der Waals surface area (Å²) in [5.74, 6) is -1.32. The van der Waals surface area contributed by atoms with Gasteiger partial charge in [0.25, 0.3) is 11.6 Å². The quantitative estimate of drug-likeness (QED) is 0.308. The molecule has 0 saturated carbocycles. The van der Waals surface area contributed by atoms with Gasteiger partial charge in [0, 0.05) is 31.3 Å². The van der Waals surface area contributed by atoms with E-state index in [4.69, 9.17) is 4.74 Å². The van der Waals surface area contributed by atoms with E-state index in [9.17, 15) is 28.1 Å². The SMILES string of the molecule is CN(C(=O)COC(=O)/C=C/c1cccc([N+](=O)[O-])c1)[C@@H]1CCS(=O)(=O)C1. The number of hydrogen-bond acceptors (Lipinski definition) is 7. The minimum atomic E-state index is -3.11. The maximum absolute atomic E-state index is 12.0. The number of likely N-dealkylation sites (N-methyl/N-ethyl adjacent to an activating group) is 1. The molecule has 140 valence electrons. The van der Waals surface area contributed by atoms with Crippen LogP contribution in [0.25, 0.3) is 6.08 Å². The number of benzene rings is 1. The Bertz CT molecular complexity index is 848. The van der Waals surface area contributed by atoms with Crippen LogP contribution in [0.5, 0.6) is 0 Å². The van der Waals surface area contributed by atoms with Crippen LogP contribution in [0.15, 0.2) is 30.3 Å². The Morgan fingerprint density at radius 3 is 2.77 bits per heavy atom. The van der Waals surface area contributed by atoms with Gasteiger partial charge in [-0.3, -0.25) is 14.9 Å². The second kappa shape index (κ2) is 8.09. The number of nitrogens with zero attached hydrogens (tertiary/aromatic N) is 2. The first-order valence-electron chi connectivity index (χ1n) is 7.73. The van der Waals surface area contributed by atoms with Crippen LogP contribution in [0.4, 0.5) is 5.69 Å². The average Bonchev–Trinajstić information content (AvgIpc) is 2.97. The molecule has 2 rings (SSSR count). The highest BCUT2D eigenvalue weighted by Crippen LogP contribution is 2.17. The number of esters is 1. The summed E-state index contributed by atoms with van der Waals surface area (Å²) in [5, 5.41) is 10.7. The molecule has 1 aromatic rings. The summed E-state index contributed by atoms with van der Waals surface area (Å²) in [7, 11) is -1.64. The van der Waals surface area contributed by atoms with Gasteiger partial charge in [0.1, 0.15) is 0 Å². The van der Waals surface area contributed by atoms with Crippen LogP contribution in [-0.4, -0.2) is 61.3 Å². The van der Waals surface area contributed by atoms with E-state index in [1.807, 2.05) is 0 Å². The molecule has 0 bridgehead atoms. The Morgan fingerprint density at radius 2 is 2.15 bits per heavy atom. The molecule has 1 aliphatic rings. The van der Waals surface area contributed by atoms with Crippen LogP contribution in [0.1, 0.15) is 12.0 Å². The average molecular weight is 382 g/mol. The van der Waals surface area contributed by atoms with Crippen LogP contribution < -0.4 is 0 Å². The number of carbonyl (C=O) groups is 2. The minimum Gasteiger partial charge on any atom is -0.452 e. The number of nitro groups is 1. The van der Waals surface area contributed by atoms with Crippen molar-refractivity contribution in [1.82, 2.24) is 4.90 Å². The van der Waals surface area contributed by atoms with Gasteiger partial charge >= 0.3 is 5.97 Å².